The molecule has 1 saturated carbocycles. The minimum absolute atomic E-state index is 0.401. The molecule has 0 saturated heterocycles. The molecule has 0 aromatic carbocycles. The van der Waals surface area contributed by atoms with Gasteiger partial charge in [-0.3, -0.25) is 0 Å². The first kappa shape index (κ1) is 14.5. The van der Waals surface area contributed by atoms with Gasteiger partial charge in [-0.05, 0) is 38.6 Å². The van der Waals surface area contributed by atoms with E-state index in [0.717, 1.165) is 37.0 Å². The van der Waals surface area contributed by atoms with E-state index >= 15 is 0 Å². The van der Waals surface area contributed by atoms with Crippen LogP contribution in [0.5, 0.6) is 0 Å². The van der Waals surface area contributed by atoms with Crippen LogP contribution in [0.1, 0.15) is 70.5 Å². The quantitative estimate of drug-likeness (QED) is 0.857. The first-order valence-electron chi connectivity index (χ1n) is 7.75. The summed E-state index contributed by atoms with van der Waals surface area (Å²) < 4.78 is 5.40. The third-order valence-electron chi connectivity index (χ3n) is 4.01. The smallest absolute Gasteiger partial charge is 0.228 e. The van der Waals surface area contributed by atoms with E-state index in [1.165, 1.54) is 25.7 Å². The summed E-state index contributed by atoms with van der Waals surface area (Å²) in [6.07, 6.45) is 7.05. The minimum Gasteiger partial charge on any atom is -0.339 e. The molecule has 19 heavy (non-hydrogen) atoms. The molecular formula is C15H27N3O. The molecule has 1 aromatic rings. The third kappa shape index (κ3) is 4.30. The predicted octanol–water partition coefficient (Wildman–Crippen LogP) is 3.29. The van der Waals surface area contributed by atoms with E-state index in [0.29, 0.717) is 12.0 Å². The normalized spacial score (nSPS) is 25.4. The van der Waals surface area contributed by atoms with Crippen molar-refractivity contribution in [3.8, 4) is 0 Å². The van der Waals surface area contributed by atoms with Crippen molar-refractivity contribution in [1.29, 1.82) is 0 Å². The molecule has 1 N–H and O–H groups in total. The number of nitrogens with one attached hydrogen (secondary N) is 1. The molecule has 4 nitrogen and oxygen atoms in total. The van der Waals surface area contributed by atoms with Gasteiger partial charge in [0, 0.05) is 18.4 Å². The van der Waals surface area contributed by atoms with Gasteiger partial charge in [0.05, 0.1) is 0 Å². The monoisotopic (exact) mass is 265 g/mol. The summed E-state index contributed by atoms with van der Waals surface area (Å²) in [5.41, 5.74) is 0. The van der Waals surface area contributed by atoms with Gasteiger partial charge in [-0.25, -0.2) is 0 Å². The summed E-state index contributed by atoms with van der Waals surface area (Å²) in [5, 5.41) is 7.64. The van der Waals surface area contributed by atoms with Gasteiger partial charge < -0.3 is 9.84 Å². The second kappa shape index (κ2) is 7.04. The van der Waals surface area contributed by atoms with Crippen LogP contribution >= 0.6 is 0 Å². The molecule has 3 unspecified atom stereocenters. The summed E-state index contributed by atoms with van der Waals surface area (Å²) in [4.78, 5) is 4.60. The third-order valence-corrected chi connectivity index (χ3v) is 4.01. The summed E-state index contributed by atoms with van der Waals surface area (Å²) in [6, 6.07) is 0.401. The molecule has 1 aromatic heterocycles. The van der Waals surface area contributed by atoms with E-state index in [4.69, 9.17) is 4.52 Å². The lowest BCUT2D eigenvalue weighted by atomic mass is 9.82. The maximum absolute atomic E-state index is 5.40. The van der Waals surface area contributed by atoms with Crippen molar-refractivity contribution in [3.05, 3.63) is 11.7 Å². The number of hydrogen-bond acceptors (Lipinski definition) is 4. The zero-order valence-electron chi connectivity index (χ0n) is 12.5. The lowest BCUT2D eigenvalue weighted by molar-refractivity contribution is 0.317. The van der Waals surface area contributed by atoms with Crippen LogP contribution in [0.3, 0.4) is 0 Å². The minimum atomic E-state index is 0.401. The lowest BCUT2D eigenvalue weighted by Crippen LogP contribution is -2.28. The SMILES string of the molecule is CCCNC(C)Cc1nc(C2CCCC(C)C2)no1. The van der Waals surface area contributed by atoms with Crippen LogP contribution in [-0.2, 0) is 6.42 Å². The van der Waals surface area contributed by atoms with Crippen LogP contribution in [0, 0.1) is 5.92 Å². The molecule has 108 valence electrons. The number of rotatable bonds is 6. The van der Waals surface area contributed by atoms with Crippen LogP contribution in [0.4, 0.5) is 0 Å². The van der Waals surface area contributed by atoms with E-state index < -0.39 is 0 Å². The first-order valence-corrected chi connectivity index (χ1v) is 7.75. The highest BCUT2D eigenvalue weighted by atomic mass is 16.5. The van der Waals surface area contributed by atoms with Crippen molar-refractivity contribution < 1.29 is 4.52 Å². The summed E-state index contributed by atoms with van der Waals surface area (Å²) in [5.74, 6) is 3.03. The Morgan fingerprint density at radius 3 is 3.00 bits per heavy atom. The highest BCUT2D eigenvalue weighted by Gasteiger charge is 2.24. The second-order valence-corrected chi connectivity index (χ2v) is 6.07. The van der Waals surface area contributed by atoms with Gasteiger partial charge in [-0.1, -0.05) is 31.8 Å². The molecule has 4 heteroatoms. The van der Waals surface area contributed by atoms with Crippen molar-refractivity contribution in [2.75, 3.05) is 6.54 Å². The molecule has 3 atom stereocenters. The first-order chi connectivity index (χ1) is 9.19. The Kier molecular flexibility index (Phi) is 5.37. The van der Waals surface area contributed by atoms with Gasteiger partial charge in [0.15, 0.2) is 5.82 Å². The van der Waals surface area contributed by atoms with Crippen molar-refractivity contribution >= 4 is 0 Å². The van der Waals surface area contributed by atoms with Gasteiger partial charge in [0.2, 0.25) is 5.89 Å². The van der Waals surface area contributed by atoms with Crippen LogP contribution in [0.2, 0.25) is 0 Å². The molecule has 2 rings (SSSR count). The summed E-state index contributed by atoms with van der Waals surface area (Å²) in [6.45, 7) is 7.71. The Morgan fingerprint density at radius 1 is 1.42 bits per heavy atom. The molecule has 0 radical (unpaired) electrons. The molecule has 0 bridgehead atoms. The van der Waals surface area contributed by atoms with Crippen LogP contribution in [0.15, 0.2) is 4.52 Å². The zero-order chi connectivity index (χ0) is 13.7. The van der Waals surface area contributed by atoms with Crippen molar-refractivity contribution in [1.82, 2.24) is 15.5 Å². The molecular weight excluding hydrogens is 238 g/mol. The Labute approximate surface area is 116 Å². The average Bonchev–Trinajstić information content (AvgIpc) is 2.85. The van der Waals surface area contributed by atoms with Crippen molar-refractivity contribution in [2.45, 2.75) is 71.3 Å². The molecule has 1 aliphatic rings. The Hall–Kier alpha value is -0.900. The molecule has 1 fully saturated rings. The van der Waals surface area contributed by atoms with Crippen molar-refractivity contribution in [3.63, 3.8) is 0 Å². The maximum Gasteiger partial charge on any atom is 0.228 e. The van der Waals surface area contributed by atoms with E-state index in [1.54, 1.807) is 0 Å². The molecule has 0 spiro atoms. The van der Waals surface area contributed by atoms with E-state index in [1.807, 2.05) is 0 Å². The van der Waals surface area contributed by atoms with Gasteiger partial charge in [-0.2, -0.15) is 4.98 Å². The summed E-state index contributed by atoms with van der Waals surface area (Å²) in [7, 11) is 0. The maximum atomic E-state index is 5.40. The Morgan fingerprint density at radius 2 is 2.26 bits per heavy atom. The zero-order valence-corrected chi connectivity index (χ0v) is 12.5. The fourth-order valence-corrected chi connectivity index (χ4v) is 2.91. The number of nitrogens with zero attached hydrogens (tertiary/aromatic N) is 2. The lowest BCUT2D eigenvalue weighted by Gasteiger charge is -2.23. The topological polar surface area (TPSA) is 51.0 Å². The Bertz CT molecular complexity index is 377. The molecule has 1 aliphatic carbocycles. The van der Waals surface area contributed by atoms with E-state index in [2.05, 4.69) is 36.2 Å². The van der Waals surface area contributed by atoms with E-state index in [9.17, 15) is 0 Å². The summed E-state index contributed by atoms with van der Waals surface area (Å²) >= 11 is 0. The highest BCUT2D eigenvalue weighted by Crippen LogP contribution is 2.34. The van der Waals surface area contributed by atoms with Gasteiger partial charge >= 0.3 is 0 Å². The fraction of sp³-hybridized carbons (Fsp3) is 0.867. The van der Waals surface area contributed by atoms with Crippen molar-refractivity contribution in [2.24, 2.45) is 5.92 Å². The number of aromatic nitrogens is 2. The second-order valence-electron chi connectivity index (χ2n) is 6.07. The molecule has 1 heterocycles. The van der Waals surface area contributed by atoms with Gasteiger partial charge in [0.1, 0.15) is 0 Å². The van der Waals surface area contributed by atoms with Crippen LogP contribution in [0.25, 0.3) is 0 Å². The van der Waals surface area contributed by atoms with Gasteiger partial charge in [-0.15, -0.1) is 0 Å². The molecule has 0 amide bonds. The highest BCUT2D eigenvalue weighted by molar-refractivity contribution is 4.98. The largest absolute Gasteiger partial charge is 0.339 e. The number of hydrogen-bond donors (Lipinski definition) is 1. The fourth-order valence-electron chi connectivity index (χ4n) is 2.91. The predicted molar refractivity (Wildman–Crippen MR) is 76.1 cm³/mol. The standard InChI is InChI=1S/C15H27N3O/c1-4-8-16-12(3)10-14-17-15(18-19-14)13-7-5-6-11(2)9-13/h11-13,16H,4-10H2,1-3H3. The van der Waals surface area contributed by atoms with E-state index in [-0.39, 0.29) is 0 Å². The Balaban J connectivity index is 1.87. The molecule has 0 aliphatic heterocycles. The average molecular weight is 265 g/mol. The van der Waals surface area contributed by atoms with Crippen LogP contribution < -0.4 is 5.32 Å². The van der Waals surface area contributed by atoms with Crippen LogP contribution in [-0.4, -0.2) is 22.7 Å². The van der Waals surface area contributed by atoms with Gasteiger partial charge in [0.25, 0.3) is 0 Å².